The molecular weight excluding hydrogens is 292 g/mol. The maximum atomic E-state index is 3.82. The zero-order valence-corrected chi connectivity index (χ0v) is 10.8. The molecule has 0 aliphatic heterocycles. The van der Waals surface area contributed by atoms with Gasteiger partial charge in [0, 0.05) is 8.95 Å². The predicted octanol–water partition coefficient (Wildman–Crippen LogP) is 4.81. The second-order valence-corrected chi connectivity index (χ2v) is 4.68. The molecule has 2 heteroatoms. The Morgan fingerprint density at radius 1 is 1.38 bits per heavy atom. The van der Waals surface area contributed by atoms with Crippen LogP contribution in [0.3, 0.4) is 0 Å². The number of aryl methyl sites for hydroxylation is 1. The van der Waals surface area contributed by atoms with Crippen molar-refractivity contribution in [2.24, 2.45) is 0 Å². The standard InChI is InChI=1S/C11H12Br2/c1-3-5-8-6-9(12)7-11(13)10(8)4-2/h4,6-7H,2-3,5H2,1H3. The van der Waals surface area contributed by atoms with E-state index in [-0.39, 0.29) is 0 Å². The lowest BCUT2D eigenvalue weighted by Crippen LogP contribution is -1.89. The Bertz CT molecular complexity index is 316. The van der Waals surface area contributed by atoms with Gasteiger partial charge in [0.25, 0.3) is 0 Å². The van der Waals surface area contributed by atoms with Crippen molar-refractivity contribution in [3.05, 3.63) is 38.8 Å². The highest BCUT2D eigenvalue weighted by molar-refractivity contribution is 9.11. The monoisotopic (exact) mass is 302 g/mol. The third-order valence-corrected chi connectivity index (χ3v) is 3.02. The summed E-state index contributed by atoms with van der Waals surface area (Å²) in [5, 5.41) is 0. The fraction of sp³-hybridized carbons (Fsp3) is 0.273. The summed E-state index contributed by atoms with van der Waals surface area (Å²) in [6, 6.07) is 4.21. The molecule has 1 aromatic carbocycles. The normalized spacial score (nSPS) is 10.1. The van der Waals surface area contributed by atoms with Gasteiger partial charge >= 0.3 is 0 Å². The average Bonchev–Trinajstić information content (AvgIpc) is 2.04. The van der Waals surface area contributed by atoms with Crippen molar-refractivity contribution < 1.29 is 0 Å². The van der Waals surface area contributed by atoms with Crippen LogP contribution in [-0.4, -0.2) is 0 Å². The molecule has 0 fully saturated rings. The lowest BCUT2D eigenvalue weighted by atomic mass is 10.0. The smallest absolute Gasteiger partial charge is 0.0261 e. The summed E-state index contributed by atoms with van der Waals surface area (Å²) in [6.07, 6.45) is 4.16. The van der Waals surface area contributed by atoms with Crippen LogP contribution in [0.4, 0.5) is 0 Å². The number of hydrogen-bond donors (Lipinski definition) is 0. The van der Waals surface area contributed by atoms with Crippen LogP contribution in [0.1, 0.15) is 24.5 Å². The topological polar surface area (TPSA) is 0 Å². The van der Waals surface area contributed by atoms with Crippen LogP contribution in [0.25, 0.3) is 6.08 Å². The molecule has 0 aliphatic rings. The average molecular weight is 304 g/mol. The largest absolute Gasteiger partial charge is 0.0984 e. The van der Waals surface area contributed by atoms with E-state index < -0.39 is 0 Å². The van der Waals surface area contributed by atoms with Gasteiger partial charge in [-0.25, -0.2) is 0 Å². The highest BCUT2D eigenvalue weighted by Crippen LogP contribution is 2.27. The first-order valence-electron chi connectivity index (χ1n) is 4.29. The minimum Gasteiger partial charge on any atom is -0.0984 e. The molecule has 0 spiro atoms. The van der Waals surface area contributed by atoms with Gasteiger partial charge in [0.15, 0.2) is 0 Å². The van der Waals surface area contributed by atoms with Crippen molar-refractivity contribution in [2.45, 2.75) is 19.8 Å². The molecule has 0 saturated heterocycles. The molecule has 0 nitrogen and oxygen atoms in total. The molecule has 0 atom stereocenters. The molecule has 1 rings (SSSR count). The van der Waals surface area contributed by atoms with Gasteiger partial charge in [-0.05, 0) is 29.7 Å². The number of rotatable bonds is 3. The summed E-state index contributed by atoms with van der Waals surface area (Å²) >= 11 is 7.01. The fourth-order valence-corrected chi connectivity index (χ4v) is 2.82. The van der Waals surface area contributed by atoms with Gasteiger partial charge < -0.3 is 0 Å². The predicted molar refractivity (Wildman–Crippen MR) is 65.9 cm³/mol. The van der Waals surface area contributed by atoms with E-state index in [4.69, 9.17) is 0 Å². The zero-order chi connectivity index (χ0) is 9.84. The van der Waals surface area contributed by atoms with E-state index in [0.29, 0.717) is 0 Å². The third kappa shape index (κ3) is 2.68. The molecule has 0 aliphatic carbocycles. The summed E-state index contributed by atoms with van der Waals surface area (Å²) in [5.41, 5.74) is 2.56. The van der Waals surface area contributed by atoms with E-state index in [0.717, 1.165) is 21.8 Å². The number of hydrogen-bond acceptors (Lipinski definition) is 0. The van der Waals surface area contributed by atoms with Crippen LogP contribution in [0.5, 0.6) is 0 Å². The van der Waals surface area contributed by atoms with Crippen LogP contribution < -0.4 is 0 Å². The first-order chi connectivity index (χ1) is 6.19. The third-order valence-electron chi connectivity index (χ3n) is 1.90. The quantitative estimate of drug-likeness (QED) is 0.752. The van der Waals surface area contributed by atoms with Crippen molar-refractivity contribution >= 4 is 37.9 Å². The molecule has 0 amide bonds. The van der Waals surface area contributed by atoms with Crippen LogP contribution in [0.2, 0.25) is 0 Å². The van der Waals surface area contributed by atoms with Crippen LogP contribution in [0.15, 0.2) is 27.7 Å². The van der Waals surface area contributed by atoms with Gasteiger partial charge in [-0.1, -0.05) is 57.9 Å². The van der Waals surface area contributed by atoms with E-state index in [2.05, 4.69) is 57.5 Å². The lowest BCUT2D eigenvalue weighted by Gasteiger charge is -2.07. The summed E-state index contributed by atoms with van der Waals surface area (Å²) in [4.78, 5) is 0. The van der Waals surface area contributed by atoms with E-state index in [1.165, 1.54) is 11.1 Å². The summed E-state index contributed by atoms with van der Waals surface area (Å²) in [6.45, 7) is 6.00. The molecule has 0 unspecified atom stereocenters. The first-order valence-corrected chi connectivity index (χ1v) is 5.88. The molecule has 0 N–H and O–H groups in total. The Labute approximate surface area is 96.3 Å². The van der Waals surface area contributed by atoms with E-state index >= 15 is 0 Å². The van der Waals surface area contributed by atoms with Crippen molar-refractivity contribution in [3.8, 4) is 0 Å². The minimum atomic E-state index is 1.10. The zero-order valence-electron chi connectivity index (χ0n) is 7.61. The summed E-state index contributed by atoms with van der Waals surface area (Å²) in [5.74, 6) is 0. The maximum Gasteiger partial charge on any atom is 0.0261 e. The first kappa shape index (κ1) is 11.0. The van der Waals surface area contributed by atoms with E-state index in [1.54, 1.807) is 0 Å². The van der Waals surface area contributed by atoms with Gasteiger partial charge in [-0.15, -0.1) is 0 Å². The molecule has 0 aromatic heterocycles. The van der Waals surface area contributed by atoms with E-state index in [1.807, 2.05) is 6.08 Å². The second kappa shape index (κ2) is 4.97. The highest BCUT2D eigenvalue weighted by atomic mass is 79.9. The van der Waals surface area contributed by atoms with Gasteiger partial charge in [0.05, 0.1) is 0 Å². The molecule has 0 heterocycles. The summed E-state index contributed by atoms with van der Waals surface area (Å²) < 4.78 is 2.23. The SMILES string of the molecule is C=Cc1c(Br)cc(Br)cc1CCC. The molecule has 0 radical (unpaired) electrons. The molecule has 70 valence electrons. The Morgan fingerprint density at radius 3 is 2.62 bits per heavy atom. The number of benzene rings is 1. The maximum absolute atomic E-state index is 3.82. The van der Waals surface area contributed by atoms with E-state index in [9.17, 15) is 0 Å². The lowest BCUT2D eigenvalue weighted by molar-refractivity contribution is 0.917. The Kier molecular flexibility index (Phi) is 4.20. The fourth-order valence-electron chi connectivity index (χ4n) is 1.34. The van der Waals surface area contributed by atoms with Crippen molar-refractivity contribution in [1.82, 2.24) is 0 Å². The Hall–Kier alpha value is -0.0800. The van der Waals surface area contributed by atoms with Gasteiger partial charge in [0.2, 0.25) is 0 Å². The van der Waals surface area contributed by atoms with Crippen LogP contribution in [0, 0.1) is 0 Å². The van der Waals surface area contributed by atoms with Crippen LogP contribution >= 0.6 is 31.9 Å². The van der Waals surface area contributed by atoms with Gasteiger partial charge in [-0.2, -0.15) is 0 Å². The van der Waals surface area contributed by atoms with Crippen molar-refractivity contribution in [2.75, 3.05) is 0 Å². The molecule has 1 aromatic rings. The van der Waals surface area contributed by atoms with Crippen molar-refractivity contribution in [3.63, 3.8) is 0 Å². The van der Waals surface area contributed by atoms with Gasteiger partial charge in [-0.3, -0.25) is 0 Å². The van der Waals surface area contributed by atoms with Crippen molar-refractivity contribution in [1.29, 1.82) is 0 Å². The molecule has 0 bridgehead atoms. The second-order valence-electron chi connectivity index (χ2n) is 2.91. The number of halogens is 2. The van der Waals surface area contributed by atoms with Crippen LogP contribution in [-0.2, 0) is 6.42 Å². The Balaban J connectivity index is 3.20. The van der Waals surface area contributed by atoms with Gasteiger partial charge in [0.1, 0.15) is 0 Å². The Morgan fingerprint density at radius 2 is 2.08 bits per heavy atom. The molecular formula is C11H12Br2. The molecule has 0 saturated carbocycles. The highest BCUT2D eigenvalue weighted by Gasteiger charge is 2.04. The minimum absolute atomic E-state index is 1.10. The molecule has 13 heavy (non-hydrogen) atoms. The summed E-state index contributed by atoms with van der Waals surface area (Å²) in [7, 11) is 0.